The second kappa shape index (κ2) is 12.4. The van der Waals surface area contributed by atoms with Crippen LogP contribution in [0.4, 0.5) is 11.4 Å². The van der Waals surface area contributed by atoms with Crippen molar-refractivity contribution in [3.05, 3.63) is 48.0 Å². The highest BCUT2D eigenvalue weighted by molar-refractivity contribution is 7.89. The lowest BCUT2D eigenvalue weighted by Crippen LogP contribution is -2.31. The number of anilines is 2. The van der Waals surface area contributed by atoms with Crippen LogP contribution >= 0.6 is 0 Å². The summed E-state index contributed by atoms with van der Waals surface area (Å²) in [6.07, 6.45) is 0. The highest BCUT2D eigenvalue weighted by Crippen LogP contribution is 2.29. The number of sulfonamides is 1. The van der Waals surface area contributed by atoms with Crippen LogP contribution in [0.1, 0.15) is 38.1 Å². The third kappa shape index (κ3) is 6.27. The lowest BCUT2D eigenvalue weighted by Gasteiger charge is -2.21. The Bertz CT molecular complexity index is 1100. The summed E-state index contributed by atoms with van der Waals surface area (Å²) in [6, 6.07) is 11.4. The molecule has 0 spiro atoms. The Morgan fingerprint density at radius 1 is 0.912 bits per heavy atom. The number of nitrogens with zero attached hydrogens (tertiary/aromatic N) is 2. The van der Waals surface area contributed by atoms with E-state index in [1.807, 2.05) is 13.8 Å². The molecule has 0 bridgehead atoms. The molecule has 2 amide bonds. The van der Waals surface area contributed by atoms with Crippen LogP contribution < -0.4 is 15.4 Å². The molecular weight excluding hydrogens is 456 g/mol. The Kier molecular flexibility index (Phi) is 9.88. The van der Waals surface area contributed by atoms with Crippen molar-refractivity contribution < 1.29 is 22.7 Å². The third-order valence-corrected chi connectivity index (χ3v) is 7.48. The van der Waals surface area contributed by atoms with E-state index in [1.54, 1.807) is 43.0 Å². The Balaban J connectivity index is 2.21. The Morgan fingerprint density at radius 2 is 1.56 bits per heavy atom. The molecule has 0 radical (unpaired) electrons. The molecule has 186 valence electrons. The molecular formula is C24H34N4O5S. The number of ether oxygens (including phenoxy) is 1. The minimum Gasteiger partial charge on any atom is -0.495 e. The first-order valence-corrected chi connectivity index (χ1v) is 12.8. The van der Waals surface area contributed by atoms with Gasteiger partial charge in [-0.2, -0.15) is 4.31 Å². The Morgan fingerprint density at radius 3 is 2.15 bits per heavy atom. The summed E-state index contributed by atoms with van der Waals surface area (Å²) in [5.74, 6) is -0.200. The number of rotatable bonds is 12. The van der Waals surface area contributed by atoms with Gasteiger partial charge in [0.15, 0.2) is 0 Å². The van der Waals surface area contributed by atoms with Gasteiger partial charge in [0.2, 0.25) is 15.9 Å². The molecule has 0 atom stereocenters. The minimum atomic E-state index is -3.70. The molecule has 0 aliphatic carbocycles. The lowest BCUT2D eigenvalue weighted by atomic mass is 10.1. The summed E-state index contributed by atoms with van der Waals surface area (Å²) in [4.78, 5) is 27.3. The van der Waals surface area contributed by atoms with E-state index in [0.29, 0.717) is 43.2 Å². The molecule has 0 aliphatic rings. The topological polar surface area (TPSA) is 108 Å². The van der Waals surface area contributed by atoms with Crippen LogP contribution in [0.2, 0.25) is 0 Å². The van der Waals surface area contributed by atoms with Crippen molar-refractivity contribution >= 4 is 33.2 Å². The predicted octanol–water partition coefficient (Wildman–Crippen LogP) is 3.26. The standard InChI is InChI=1S/C24H34N4O5S/c1-6-27(7-2)24(30)19-12-10-11-13-20(19)25-17-23(29)26-21-16-18(14-15-22(21)33-5)34(31,32)28(8-3)9-4/h10-16,25H,6-9,17H2,1-5H3,(H,26,29). The number of benzene rings is 2. The van der Waals surface area contributed by atoms with Crippen molar-refractivity contribution in [1.82, 2.24) is 9.21 Å². The number of hydrogen-bond acceptors (Lipinski definition) is 6. The number of para-hydroxylation sites is 1. The molecule has 0 aromatic heterocycles. The molecule has 10 heteroatoms. The number of methoxy groups -OCH3 is 1. The predicted molar refractivity (Wildman–Crippen MR) is 134 cm³/mol. The summed E-state index contributed by atoms with van der Waals surface area (Å²) in [5, 5.41) is 5.72. The zero-order valence-electron chi connectivity index (χ0n) is 20.4. The zero-order valence-corrected chi connectivity index (χ0v) is 21.2. The van der Waals surface area contributed by atoms with Gasteiger partial charge in [-0.3, -0.25) is 9.59 Å². The van der Waals surface area contributed by atoms with Gasteiger partial charge in [0, 0.05) is 31.9 Å². The Labute approximate surface area is 202 Å². The van der Waals surface area contributed by atoms with Crippen molar-refractivity contribution in [2.24, 2.45) is 0 Å². The molecule has 0 heterocycles. The molecule has 0 aliphatic heterocycles. The fourth-order valence-corrected chi connectivity index (χ4v) is 5.02. The molecule has 2 N–H and O–H groups in total. The average molecular weight is 491 g/mol. The third-order valence-electron chi connectivity index (χ3n) is 5.44. The van der Waals surface area contributed by atoms with Gasteiger partial charge in [-0.05, 0) is 44.2 Å². The number of carbonyl (C=O) groups excluding carboxylic acids is 2. The average Bonchev–Trinajstić information content (AvgIpc) is 2.84. The van der Waals surface area contributed by atoms with Gasteiger partial charge in [-0.1, -0.05) is 26.0 Å². The van der Waals surface area contributed by atoms with Crippen molar-refractivity contribution in [2.75, 3.05) is 50.5 Å². The van der Waals surface area contributed by atoms with Crippen LogP contribution in [0.3, 0.4) is 0 Å². The fourth-order valence-electron chi connectivity index (χ4n) is 3.53. The maximum atomic E-state index is 12.9. The van der Waals surface area contributed by atoms with Gasteiger partial charge >= 0.3 is 0 Å². The van der Waals surface area contributed by atoms with E-state index in [0.717, 1.165) is 0 Å². The van der Waals surface area contributed by atoms with E-state index in [2.05, 4.69) is 10.6 Å². The second-order valence-corrected chi connectivity index (χ2v) is 9.31. The van der Waals surface area contributed by atoms with Gasteiger partial charge in [-0.15, -0.1) is 0 Å². The number of nitrogens with one attached hydrogen (secondary N) is 2. The number of amides is 2. The largest absolute Gasteiger partial charge is 0.495 e. The van der Waals surface area contributed by atoms with Crippen LogP contribution in [0.15, 0.2) is 47.4 Å². The highest BCUT2D eigenvalue weighted by Gasteiger charge is 2.23. The molecule has 0 saturated heterocycles. The van der Waals surface area contributed by atoms with E-state index in [1.165, 1.54) is 29.6 Å². The first-order chi connectivity index (χ1) is 16.2. The number of hydrogen-bond donors (Lipinski definition) is 2. The minimum absolute atomic E-state index is 0.0652. The summed E-state index contributed by atoms with van der Waals surface area (Å²) in [7, 11) is -2.26. The molecule has 2 aromatic rings. The maximum Gasteiger partial charge on any atom is 0.255 e. The molecule has 34 heavy (non-hydrogen) atoms. The zero-order chi connectivity index (χ0) is 25.3. The van der Waals surface area contributed by atoms with Crippen molar-refractivity contribution in [3.63, 3.8) is 0 Å². The summed E-state index contributed by atoms with van der Waals surface area (Å²) < 4.78 is 32.4. The summed E-state index contributed by atoms with van der Waals surface area (Å²) in [5.41, 5.74) is 1.26. The fraction of sp³-hybridized carbons (Fsp3) is 0.417. The first kappa shape index (κ1) is 27.1. The smallest absolute Gasteiger partial charge is 0.255 e. The summed E-state index contributed by atoms with van der Waals surface area (Å²) >= 11 is 0. The van der Waals surface area contributed by atoms with Gasteiger partial charge in [-0.25, -0.2) is 8.42 Å². The first-order valence-electron chi connectivity index (χ1n) is 11.3. The van der Waals surface area contributed by atoms with E-state index < -0.39 is 15.9 Å². The maximum absolute atomic E-state index is 12.9. The molecule has 2 rings (SSSR count). The van der Waals surface area contributed by atoms with Gasteiger partial charge in [0.25, 0.3) is 5.91 Å². The molecule has 0 fully saturated rings. The van der Waals surface area contributed by atoms with Crippen LogP contribution in [-0.2, 0) is 14.8 Å². The van der Waals surface area contributed by atoms with Gasteiger partial charge in [0.05, 0.1) is 29.8 Å². The van der Waals surface area contributed by atoms with E-state index in [9.17, 15) is 18.0 Å². The number of carbonyl (C=O) groups is 2. The molecule has 9 nitrogen and oxygen atoms in total. The molecule has 0 unspecified atom stereocenters. The monoisotopic (exact) mass is 490 g/mol. The molecule has 2 aromatic carbocycles. The summed E-state index contributed by atoms with van der Waals surface area (Å²) in [6.45, 7) is 9.06. The second-order valence-electron chi connectivity index (χ2n) is 7.38. The quantitative estimate of drug-likeness (QED) is 0.473. The molecule has 0 saturated carbocycles. The van der Waals surface area contributed by atoms with Crippen molar-refractivity contribution in [1.29, 1.82) is 0 Å². The Hall–Kier alpha value is -3.11. The van der Waals surface area contributed by atoms with Crippen molar-refractivity contribution in [3.8, 4) is 5.75 Å². The van der Waals surface area contributed by atoms with Gasteiger partial charge in [0.1, 0.15) is 5.75 Å². The van der Waals surface area contributed by atoms with Crippen LogP contribution in [-0.4, -0.2) is 69.3 Å². The normalized spacial score (nSPS) is 11.2. The lowest BCUT2D eigenvalue weighted by molar-refractivity contribution is -0.114. The highest BCUT2D eigenvalue weighted by atomic mass is 32.2. The van der Waals surface area contributed by atoms with E-state index >= 15 is 0 Å². The van der Waals surface area contributed by atoms with Crippen LogP contribution in [0, 0.1) is 0 Å². The van der Waals surface area contributed by atoms with Crippen LogP contribution in [0.25, 0.3) is 0 Å². The van der Waals surface area contributed by atoms with E-state index in [-0.39, 0.29) is 23.0 Å². The SMILES string of the molecule is CCN(CC)C(=O)c1ccccc1NCC(=O)Nc1cc(S(=O)(=O)N(CC)CC)ccc1OC. The van der Waals surface area contributed by atoms with Crippen LogP contribution in [0.5, 0.6) is 5.75 Å². The van der Waals surface area contributed by atoms with Crippen molar-refractivity contribution in [2.45, 2.75) is 32.6 Å². The van der Waals surface area contributed by atoms with Gasteiger partial charge < -0.3 is 20.3 Å². The van der Waals surface area contributed by atoms with E-state index in [4.69, 9.17) is 4.74 Å².